The van der Waals surface area contributed by atoms with Crippen LogP contribution in [0.25, 0.3) is 11.1 Å². The summed E-state index contributed by atoms with van der Waals surface area (Å²) in [5.41, 5.74) is 7.10. The van der Waals surface area contributed by atoms with Gasteiger partial charge in [-0.05, 0) is 24.1 Å². The van der Waals surface area contributed by atoms with E-state index in [-0.39, 0.29) is 6.42 Å². The largest absolute Gasteiger partial charge is 0.480 e. The summed E-state index contributed by atoms with van der Waals surface area (Å²) < 4.78 is 4.85. The lowest BCUT2D eigenvalue weighted by Gasteiger charge is -2.05. The molecule has 0 spiro atoms. The Morgan fingerprint density at radius 1 is 1.56 bits per heavy atom. The first-order chi connectivity index (χ1) is 7.56. The van der Waals surface area contributed by atoms with E-state index < -0.39 is 17.8 Å². The lowest BCUT2D eigenvalue weighted by Crippen LogP contribution is -2.32. The minimum Gasteiger partial charge on any atom is -0.480 e. The second-order valence-electron chi connectivity index (χ2n) is 3.49. The van der Waals surface area contributed by atoms with Gasteiger partial charge in [-0.2, -0.15) is 0 Å². The third-order valence-corrected chi connectivity index (χ3v) is 2.26. The highest BCUT2D eigenvalue weighted by Crippen LogP contribution is 2.13. The normalized spacial score (nSPS) is 12.8. The first kappa shape index (κ1) is 10.4. The minimum atomic E-state index is -1.06. The van der Waals surface area contributed by atoms with Crippen LogP contribution in [0.15, 0.2) is 27.4 Å². The molecule has 1 aromatic heterocycles. The van der Waals surface area contributed by atoms with Gasteiger partial charge in [0.15, 0.2) is 5.58 Å². The summed E-state index contributed by atoms with van der Waals surface area (Å²) in [4.78, 5) is 23.9. The monoisotopic (exact) mass is 222 g/mol. The van der Waals surface area contributed by atoms with Crippen molar-refractivity contribution in [3.63, 3.8) is 0 Å². The number of benzene rings is 1. The van der Waals surface area contributed by atoms with Crippen LogP contribution in [0, 0.1) is 0 Å². The molecule has 0 bridgehead atoms. The van der Waals surface area contributed by atoms with Gasteiger partial charge in [-0.25, -0.2) is 4.79 Å². The van der Waals surface area contributed by atoms with Gasteiger partial charge in [0.25, 0.3) is 0 Å². The number of oxazole rings is 1. The maximum atomic E-state index is 10.9. The zero-order chi connectivity index (χ0) is 11.7. The Balaban J connectivity index is 2.32. The zero-order valence-electron chi connectivity index (χ0n) is 8.27. The van der Waals surface area contributed by atoms with Crippen molar-refractivity contribution in [1.82, 2.24) is 4.98 Å². The number of hydrogen-bond donors (Lipinski definition) is 3. The molecule has 16 heavy (non-hydrogen) atoms. The van der Waals surface area contributed by atoms with Gasteiger partial charge in [0, 0.05) is 0 Å². The molecule has 0 radical (unpaired) electrons. The van der Waals surface area contributed by atoms with Crippen molar-refractivity contribution in [2.45, 2.75) is 12.5 Å². The highest BCUT2D eigenvalue weighted by molar-refractivity contribution is 5.75. The Morgan fingerprint density at radius 3 is 3.00 bits per heavy atom. The molecule has 6 heteroatoms. The fourth-order valence-corrected chi connectivity index (χ4v) is 1.46. The van der Waals surface area contributed by atoms with E-state index in [1.165, 1.54) is 0 Å². The quantitative estimate of drug-likeness (QED) is 0.681. The van der Waals surface area contributed by atoms with Gasteiger partial charge in [-0.1, -0.05) is 6.07 Å². The summed E-state index contributed by atoms with van der Waals surface area (Å²) in [6.45, 7) is 0. The maximum absolute atomic E-state index is 10.9. The standard InChI is InChI=1S/C10H10N2O4/c11-6(9(13)14)3-5-1-2-7-8(4-5)16-10(15)12-7/h1-2,4,6H,3,11H2,(H,12,15)(H,13,14). The molecule has 4 N–H and O–H groups in total. The van der Waals surface area contributed by atoms with Crippen LogP contribution < -0.4 is 11.5 Å². The number of rotatable bonds is 3. The molecule has 0 amide bonds. The summed E-state index contributed by atoms with van der Waals surface area (Å²) in [6.07, 6.45) is 0.195. The molecule has 1 aromatic carbocycles. The van der Waals surface area contributed by atoms with E-state index in [0.717, 1.165) is 0 Å². The second kappa shape index (κ2) is 3.82. The molecular formula is C10H10N2O4. The number of carbonyl (C=O) groups is 1. The molecule has 84 valence electrons. The number of aliphatic carboxylic acids is 1. The molecule has 0 saturated heterocycles. The number of H-pyrrole nitrogens is 1. The predicted molar refractivity (Wildman–Crippen MR) is 56.1 cm³/mol. The first-order valence-electron chi connectivity index (χ1n) is 4.66. The van der Waals surface area contributed by atoms with E-state index in [0.29, 0.717) is 16.7 Å². The average Bonchev–Trinajstić information content (AvgIpc) is 2.57. The highest BCUT2D eigenvalue weighted by Gasteiger charge is 2.12. The number of fused-ring (bicyclic) bond motifs is 1. The van der Waals surface area contributed by atoms with Crippen molar-refractivity contribution in [2.24, 2.45) is 5.73 Å². The fourth-order valence-electron chi connectivity index (χ4n) is 1.46. The molecule has 0 saturated carbocycles. The van der Waals surface area contributed by atoms with Crippen LogP contribution in [0.3, 0.4) is 0 Å². The van der Waals surface area contributed by atoms with Gasteiger partial charge < -0.3 is 15.3 Å². The number of hydrogen-bond acceptors (Lipinski definition) is 4. The van der Waals surface area contributed by atoms with Gasteiger partial charge in [-0.15, -0.1) is 0 Å². The van der Waals surface area contributed by atoms with Crippen LogP contribution in [0.2, 0.25) is 0 Å². The van der Waals surface area contributed by atoms with Crippen LogP contribution >= 0.6 is 0 Å². The van der Waals surface area contributed by atoms with Crippen molar-refractivity contribution in [2.75, 3.05) is 0 Å². The molecule has 0 aliphatic heterocycles. The van der Waals surface area contributed by atoms with E-state index in [9.17, 15) is 9.59 Å². The average molecular weight is 222 g/mol. The van der Waals surface area contributed by atoms with Crippen LogP contribution in [-0.2, 0) is 11.2 Å². The van der Waals surface area contributed by atoms with E-state index in [4.69, 9.17) is 15.3 Å². The molecular weight excluding hydrogens is 212 g/mol. The SMILES string of the molecule is NC(Cc1ccc2[nH]c(=O)oc2c1)C(=O)O. The summed E-state index contributed by atoms with van der Waals surface area (Å²) in [7, 11) is 0. The third-order valence-electron chi connectivity index (χ3n) is 2.26. The molecule has 1 heterocycles. The topological polar surface area (TPSA) is 109 Å². The Labute approximate surface area is 89.7 Å². The molecule has 1 unspecified atom stereocenters. The zero-order valence-corrected chi connectivity index (χ0v) is 8.27. The summed E-state index contributed by atoms with van der Waals surface area (Å²) in [5, 5.41) is 8.66. The number of carboxylic acids is 1. The van der Waals surface area contributed by atoms with E-state index in [1.54, 1.807) is 18.2 Å². The van der Waals surface area contributed by atoms with Crippen LogP contribution in [0.4, 0.5) is 0 Å². The number of carboxylic acid groups (broad SMARTS) is 1. The van der Waals surface area contributed by atoms with Gasteiger partial charge in [-0.3, -0.25) is 9.78 Å². The molecule has 1 atom stereocenters. The van der Waals surface area contributed by atoms with Gasteiger partial charge >= 0.3 is 11.7 Å². The third kappa shape index (κ3) is 1.96. The summed E-state index contributed by atoms with van der Waals surface area (Å²) in [6, 6.07) is 4.01. The van der Waals surface area contributed by atoms with Crippen molar-refractivity contribution >= 4 is 17.1 Å². The lowest BCUT2D eigenvalue weighted by atomic mass is 10.1. The predicted octanol–water partition coefficient (Wildman–Crippen LogP) is 0.0755. The van der Waals surface area contributed by atoms with Crippen LogP contribution in [0.5, 0.6) is 0 Å². The van der Waals surface area contributed by atoms with Crippen molar-refractivity contribution in [3.05, 3.63) is 34.3 Å². The smallest absolute Gasteiger partial charge is 0.417 e. The first-order valence-corrected chi connectivity index (χ1v) is 4.66. The van der Waals surface area contributed by atoms with E-state index in [1.807, 2.05) is 0 Å². The molecule has 0 aliphatic rings. The molecule has 0 fully saturated rings. The Morgan fingerprint density at radius 2 is 2.31 bits per heavy atom. The van der Waals surface area contributed by atoms with Gasteiger partial charge in [0.1, 0.15) is 6.04 Å². The highest BCUT2D eigenvalue weighted by atomic mass is 16.4. The summed E-state index contributed by atoms with van der Waals surface area (Å²) >= 11 is 0. The number of nitrogens with two attached hydrogens (primary N) is 1. The molecule has 2 rings (SSSR count). The second-order valence-corrected chi connectivity index (χ2v) is 3.49. The number of nitrogens with one attached hydrogen (secondary N) is 1. The Bertz CT molecular complexity index is 584. The van der Waals surface area contributed by atoms with Crippen LogP contribution in [-0.4, -0.2) is 22.1 Å². The van der Waals surface area contributed by atoms with Crippen LogP contribution in [0.1, 0.15) is 5.56 Å². The molecule has 0 aliphatic carbocycles. The fraction of sp³-hybridized carbons (Fsp3) is 0.200. The Kier molecular flexibility index (Phi) is 2.49. The lowest BCUT2D eigenvalue weighted by molar-refractivity contribution is -0.138. The van der Waals surface area contributed by atoms with Gasteiger partial charge in [0.05, 0.1) is 5.52 Å². The van der Waals surface area contributed by atoms with Crippen molar-refractivity contribution in [1.29, 1.82) is 0 Å². The van der Waals surface area contributed by atoms with Gasteiger partial charge in [0.2, 0.25) is 0 Å². The number of aromatic nitrogens is 1. The molecule has 2 aromatic rings. The minimum absolute atomic E-state index is 0.195. The van der Waals surface area contributed by atoms with E-state index >= 15 is 0 Å². The van der Waals surface area contributed by atoms with E-state index in [2.05, 4.69) is 4.98 Å². The maximum Gasteiger partial charge on any atom is 0.417 e. The molecule has 6 nitrogen and oxygen atoms in total. The summed E-state index contributed by atoms with van der Waals surface area (Å²) in [5.74, 6) is -1.59. The van der Waals surface area contributed by atoms with Crippen molar-refractivity contribution < 1.29 is 14.3 Å². The Hall–Kier alpha value is -2.08. The van der Waals surface area contributed by atoms with Crippen molar-refractivity contribution in [3.8, 4) is 0 Å². The number of aromatic amines is 1.